The van der Waals surface area contributed by atoms with E-state index >= 15 is 0 Å². The highest BCUT2D eigenvalue weighted by atomic mass is 16.5. The van der Waals surface area contributed by atoms with E-state index in [9.17, 15) is 25.5 Å². The van der Waals surface area contributed by atoms with E-state index in [1.54, 1.807) is 6.07 Å². The van der Waals surface area contributed by atoms with Crippen LogP contribution < -0.4 is 4.74 Å². The van der Waals surface area contributed by atoms with Gasteiger partial charge in [0.05, 0.1) is 0 Å². The topological polar surface area (TPSA) is 110 Å². The normalized spacial score (nSPS) is 27.1. The van der Waals surface area contributed by atoms with Crippen molar-refractivity contribution >= 4 is 0 Å². The molecule has 2 aliphatic carbocycles. The summed E-state index contributed by atoms with van der Waals surface area (Å²) >= 11 is 0. The number of phenols is 5. The second kappa shape index (κ2) is 6.62. The average molecular weight is 412 g/mol. The molecule has 5 rings (SSSR count). The number of benzene rings is 2. The van der Waals surface area contributed by atoms with Crippen molar-refractivity contribution in [3.8, 4) is 34.5 Å². The van der Waals surface area contributed by atoms with Crippen LogP contribution >= 0.6 is 0 Å². The molecule has 1 spiro atoms. The summed E-state index contributed by atoms with van der Waals surface area (Å²) in [4.78, 5) is 0. The third-order valence-electron chi connectivity index (χ3n) is 7.78. The molecule has 5 N–H and O–H groups in total. The maximum atomic E-state index is 10.8. The largest absolute Gasteiger partial charge is 0.504 e. The zero-order valence-corrected chi connectivity index (χ0v) is 16.9. The van der Waals surface area contributed by atoms with Gasteiger partial charge in [0.25, 0.3) is 0 Å². The van der Waals surface area contributed by atoms with Crippen LogP contribution in [0.25, 0.3) is 0 Å². The molecule has 3 aliphatic rings. The van der Waals surface area contributed by atoms with Crippen molar-refractivity contribution in [2.75, 3.05) is 0 Å². The molecular formula is C24H28O6. The van der Waals surface area contributed by atoms with Crippen molar-refractivity contribution in [1.82, 2.24) is 0 Å². The molecule has 30 heavy (non-hydrogen) atoms. The summed E-state index contributed by atoms with van der Waals surface area (Å²) in [6.45, 7) is 0. The summed E-state index contributed by atoms with van der Waals surface area (Å²) < 4.78 is 6.56. The summed E-state index contributed by atoms with van der Waals surface area (Å²) in [5.74, 6) is -1.50. The SMILES string of the molecule is Oc1ccc([C@]23CCCC[C@H]2C2(CCCCC2)c2ccc(O)c(O)c2O3)c(O)c1O. The van der Waals surface area contributed by atoms with Gasteiger partial charge < -0.3 is 30.3 Å². The van der Waals surface area contributed by atoms with Gasteiger partial charge in [-0.25, -0.2) is 0 Å². The Morgan fingerprint density at radius 1 is 0.667 bits per heavy atom. The Morgan fingerprint density at radius 3 is 2.03 bits per heavy atom. The summed E-state index contributed by atoms with van der Waals surface area (Å²) in [6, 6.07) is 6.40. The number of aromatic hydroxyl groups is 5. The molecule has 2 aromatic rings. The Morgan fingerprint density at radius 2 is 1.30 bits per heavy atom. The van der Waals surface area contributed by atoms with Crippen LogP contribution in [-0.2, 0) is 11.0 Å². The minimum atomic E-state index is -0.955. The molecule has 2 aromatic carbocycles. The van der Waals surface area contributed by atoms with Crippen molar-refractivity contribution in [3.63, 3.8) is 0 Å². The van der Waals surface area contributed by atoms with E-state index in [2.05, 4.69) is 0 Å². The number of phenolic OH excluding ortho intramolecular Hbond substituents is 5. The quantitative estimate of drug-likeness (QED) is 0.426. The highest BCUT2D eigenvalue weighted by molar-refractivity contribution is 5.61. The van der Waals surface area contributed by atoms with Crippen LogP contribution in [0, 0.1) is 5.92 Å². The first-order valence-corrected chi connectivity index (χ1v) is 10.9. The molecule has 1 heterocycles. The van der Waals surface area contributed by atoms with E-state index in [1.807, 2.05) is 6.07 Å². The molecular weight excluding hydrogens is 384 g/mol. The molecule has 2 fully saturated rings. The Hall–Kier alpha value is -2.76. The van der Waals surface area contributed by atoms with E-state index < -0.39 is 11.4 Å². The van der Waals surface area contributed by atoms with Crippen molar-refractivity contribution < 1.29 is 30.3 Å². The van der Waals surface area contributed by atoms with E-state index in [1.165, 1.54) is 12.1 Å². The molecule has 0 saturated heterocycles. The molecule has 0 amide bonds. The van der Waals surface area contributed by atoms with Crippen molar-refractivity contribution in [1.29, 1.82) is 0 Å². The molecule has 0 aromatic heterocycles. The first-order valence-electron chi connectivity index (χ1n) is 10.9. The standard InChI is InChI=1S/C24H28O6/c25-16-9-7-14(19(27)20(16)28)24-13-5-2-6-18(24)23(11-3-1-4-12-23)15-8-10-17(26)21(29)22(15)30-24/h7-10,18,25-29H,1-6,11-13H2/t18-,24+/m0/s1. The van der Waals surface area contributed by atoms with Crippen LogP contribution in [0.1, 0.15) is 68.9 Å². The van der Waals surface area contributed by atoms with Gasteiger partial charge in [-0.3, -0.25) is 0 Å². The fourth-order valence-electron chi connectivity index (χ4n) is 6.50. The number of fused-ring (bicyclic) bond motifs is 4. The fraction of sp³-hybridized carbons (Fsp3) is 0.500. The van der Waals surface area contributed by atoms with Gasteiger partial charge in [0.15, 0.2) is 23.0 Å². The van der Waals surface area contributed by atoms with Gasteiger partial charge in [0.2, 0.25) is 11.5 Å². The lowest BCUT2D eigenvalue weighted by atomic mass is 9.51. The van der Waals surface area contributed by atoms with Crippen molar-refractivity contribution in [2.24, 2.45) is 5.92 Å². The molecule has 1 aliphatic heterocycles. The summed E-state index contributed by atoms with van der Waals surface area (Å²) in [6.07, 6.45) is 8.64. The van der Waals surface area contributed by atoms with E-state index in [-0.39, 0.29) is 40.1 Å². The smallest absolute Gasteiger partial charge is 0.200 e. The number of rotatable bonds is 1. The van der Waals surface area contributed by atoms with Gasteiger partial charge in [0, 0.05) is 22.5 Å². The van der Waals surface area contributed by atoms with Gasteiger partial charge in [-0.2, -0.15) is 0 Å². The van der Waals surface area contributed by atoms with Gasteiger partial charge in [-0.05, 0) is 50.3 Å². The van der Waals surface area contributed by atoms with Crippen LogP contribution in [0.2, 0.25) is 0 Å². The first kappa shape index (κ1) is 19.2. The summed E-state index contributed by atoms with van der Waals surface area (Å²) in [7, 11) is 0. The van der Waals surface area contributed by atoms with Gasteiger partial charge in [-0.15, -0.1) is 0 Å². The minimum Gasteiger partial charge on any atom is -0.504 e. The zero-order chi connectivity index (χ0) is 21.1. The first-order chi connectivity index (χ1) is 14.4. The lowest BCUT2D eigenvalue weighted by molar-refractivity contribution is -0.0975. The third kappa shape index (κ3) is 2.42. The molecule has 0 bridgehead atoms. The van der Waals surface area contributed by atoms with Crippen LogP contribution in [0.5, 0.6) is 34.5 Å². The molecule has 2 atom stereocenters. The van der Waals surface area contributed by atoms with Crippen molar-refractivity contribution in [2.45, 2.75) is 68.8 Å². The number of ether oxygens (including phenoxy) is 1. The van der Waals surface area contributed by atoms with E-state index in [0.717, 1.165) is 56.9 Å². The average Bonchev–Trinajstić information content (AvgIpc) is 2.76. The van der Waals surface area contributed by atoms with E-state index in [0.29, 0.717) is 12.0 Å². The molecule has 160 valence electrons. The lowest BCUT2D eigenvalue weighted by Gasteiger charge is -2.58. The Labute approximate surface area is 175 Å². The van der Waals surface area contributed by atoms with Crippen LogP contribution in [0.15, 0.2) is 24.3 Å². The second-order valence-electron chi connectivity index (χ2n) is 9.15. The molecule has 6 nitrogen and oxygen atoms in total. The molecule has 0 unspecified atom stereocenters. The molecule has 6 heteroatoms. The Kier molecular flexibility index (Phi) is 4.24. The van der Waals surface area contributed by atoms with Crippen LogP contribution in [0.4, 0.5) is 0 Å². The minimum absolute atomic E-state index is 0.0466. The van der Waals surface area contributed by atoms with Gasteiger partial charge >= 0.3 is 0 Å². The van der Waals surface area contributed by atoms with Gasteiger partial charge in [0.1, 0.15) is 5.60 Å². The fourth-order valence-corrected chi connectivity index (χ4v) is 6.50. The third-order valence-corrected chi connectivity index (χ3v) is 7.78. The number of hydrogen-bond donors (Lipinski definition) is 5. The highest BCUT2D eigenvalue weighted by Crippen LogP contribution is 2.66. The lowest BCUT2D eigenvalue weighted by Crippen LogP contribution is -2.57. The maximum Gasteiger partial charge on any atom is 0.200 e. The second-order valence-corrected chi connectivity index (χ2v) is 9.15. The van der Waals surface area contributed by atoms with Crippen LogP contribution in [-0.4, -0.2) is 25.5 Å². The van der Waals surface area contributed by atoms with Gasteiger partial charge in [-0.1, -0.05) is 31.7 Å². The maximum absolute atomic E-state index is 10.8. The van der Waals surface area contributed by atoms with Crippen LogP contribution in [0.3, 0.4) is 0 Å². The predicted molar refractivity (Wildman–Crippen MR) is 110 cm³/mol. The predicted octanol–water partition coefficient (Wildman–Crippen LogP) is 4.89. The zero-order valence-electron chi connectivity index (χ0n) is 16.9. The Bertz CT molecular complexity index is 994. The summed E-state index contributed by atoms with van der Waals surface area (Å²) in [5.41, 5.74) is 0.170. The molecule has 2 saturated carbocycles. The Balaban J connectivity index is 1.80. The highest BCUT2D eigenvalue weighted by Gasteiger charge is 2.60. The van der Waals surface area contributed by atoms with E-state index in [4.69, 9.17) is 4.74 Å². The van der Waals surface area contributed by atoms with Crippen molar-refractivity contribution in [3.05, 3.63) is 35.4 Å². The summed E-state index contributed by atoms with van der Waals surface area (Å²) in [5, 5.41) is 51.9. The monoisotopic (exact) mass is 412 g/mol. The number of hydrogen-bond acceptors (Lipinski definition) is 6. The molecule has 0 radical (unpaired) electrons.